The summed E-state index contributed by atoms with van der Waals surface area (Å²) in [5, 5.41) is 2.62. The van der Waals surface area contributed by atoms with Gasteiger partial charge in [-0.2, -0.15) is 0 Å². The van der Waals surface area contributed by atoms with Crippen molar-refractivity contribution in [2.24, 2.45) is 11.8 Å². The van der Waals surface area contributed by atoms with Crippen LogP contribution in [0.4, 0.5) is 0 Å². The maximum absolute atomic E-state index is 7.10. The highest BCUT2D eigenvalue weighted by Gasteiger charge is 2.50. The van der Waals surface area contributed by atoms with E-state index in [-0.39, 0.29) is 17.2 Å². The quantitative estimate of drug-likeness (QED) is 0.497. The Morgan fingerprint density at radius 1 is 0.906 bits per heavy atom. The van der Waals surface area contributed by atoms with Crippen molar-refractivity contribution in [3.8, 4) is 0 Å². The molecule has 0 aliphatic carbocycles. The summed E-state index contributed by atoms with van der Waals surface area (Å²) >= 11 is 0. The number of ether oxygens (including phenoxy) is 2. The van der Waals surface area contributed by atoms with Crippen molar-refractivity contribution in [1.82, 2.24) is 0 Å². The Morgan fingerprint density at radius 2 is 1.41 bits per heavy atom. The van der Waals surface area contributed by atoms with E-state index in [1.807, 2.05) is 13.8 Å². The second-order valence-electron chi connectivity index (χ2n) is 11.0. The fourth-order valence-corrected chi connectivity index (χ4v) is 9.88. The van der Waals surface area contributed by atoms with Crippen molar-refractivity contribution in [2.45, 2.75) is 84.8 Å². The fourth-order valence-electron chi connectivity index (χ4n) is 5.30. The second-order valence-corrected chi connectivity index (χ2v) is 15.3. The molecule has 0 aromatic heterocycles. The van der Waals surface area contributed by atoms with Gasteiger partial charge in [-0.05, 0) is 41.6 Å². The zero-order chi connectivity index (χ0) is 23.6. The van der Waals surface area contributed by atoms with Crippen LogP contribution in [0.15, 0.2) is 60.7 Å². The van der Waals surface area contributed by atoms with Gasteiger partial charge in [0.05, 0.1) is 12.2 Å². The van der Waals surface area contributed by atoms with Crippen molar-refractivity contribution in [3.63, 3.8) is 0 Å². The molecule has 0 N–H and O–H groups in total. The van der Waals surface area contributed by atoms with E-state index in [1.165, 1.54) is 10.4 Å². The normalized spacial score (nSPS) is 24.0. The standard InChI is InChI=1S/C28H42O3Si/c1-21(2)26-22(3)25(30-28(7,8)31-26)19-20-29-32(27(4,5)6,23-15-11-9-12-16-23)24-17-13-10-14-18-24/h9-18,21-22,25-26H,19-20H2,1-8H3/t22-,25+,26+/m0/s1. The molecule has 2 aromatic rings. The first-order valence-corrected chi connectivity index (χ1v) is 14.0. The third-order valence-corrected chi connectivity index (χ3v) is 11.8. The predicted molar refractivity (Wildman–Crippen MR) is 136 cm³/mol. The summed E-state index contributed by atoms with van der Waals surface area (Å²) in [6.45, 7) is 18.4. The Hall–Kier alpha value is -1.46. The molecule has 0 saturated carbocycles. The van der Waals surface area contributed by atoms with Gasteiger partial charge in [-0.3, -0.25) is 0 Å². The minimum atomic E-state index is -2.52. The molecule has 176 valence electrons. The van der Waals surface area contributed by atoms with E-state index >= 15 is 0 Å². The highest BCUT2D eigenvalue weighted by molar-refractivity contribution is 6.99. The van der Waals surface area contributed by atoms with E-state index in [9.17, 15) is 0 Å². The monoisotopic (exact) mass is 454 g/mol. The average molecular weight is 455 g/mol. The molecule has 1 aliphatic heterocycles. The van der Waals surface area contributed by atoms with Crippen LogP contribution in [0.1, 0.15) is 61.8 Å². The Kier molecular flexibility index (Phi) is 7.71. The summed E-state index contributed by atoms with van der Waals surface area (Å²) in [5.74, 6) is 0.211. The highest BCUT2D eigenvalue weighted by atomic mass is 28.4. The first-order valence-electron chi connectivity index (χ1n) is 12.1. The Balaban J connectivity index is 1.90. The predicted octanol–water partition coefficient (Wildman–Crippen LogP) is 5.77. The van der Waals surface area contributed by atoms with Crippen LogP contribution in [0.5, 0.6) is 0 Å². The molecule has 0 spiro atoms. The number of benzene rings is 2. The van der Waals surface area contributed by atoms with Crippen molar-refractivity contribution in [2.75, 3.05) is 6.61 Å². The van der Waals surface area contributed by atoms with Crippen molar-refractivity contribution in [3.05, 3.63) is 60.7 Å². The lowest BCUT2D eigenvalue weighted by atomic mass is 9.87. The molecule has 1 heterocycles. The summed E-state index contributed by atoms with van der Waals surface area (Å²) in [6, 6.07) is 21.7. The SMILES string of the molecule is CC(C)[C@H]1OC(C)(C)O[C@H](CCO[Si](c2ccccc2)(c2ccccc2)C(C)(C)C)[C@@H]1C. The molecule has 1 fully saturated rings. The molecule has 32 heavy (non-hydrogen) atoms. The van der Waals surface area contributed by atoms with Crippen LogP contribution in [-0.4, -0.2) is 32.9 Å². The lowest BCUT2D eigenvalue weighted by molar-refractivity contribution is -0.327. The molecule has 0 bridgehead atoms. The molecule has 1 aliphatic rings. The molecular weight excluding hydrogens is 412 g/mol. The van der Waals surface area contributed by atoms with Crippen molar-refractivity contribution < 1.29 is 13.9 Å². The minimum absolute atomic E-state index is 0.0163. The minimum Gasteiger partial charge on any atom is -0.407 e. The van der Waals surface area contributed by atoms with Gasteiger partial charge in [-0.1, -0.05) is 102 Å². The van der Waals surface area contributed by atoms with E-state index in [4.69, 9.17) is 13.9 Å². The summed E-state index contributed by atoms with van der Waals surface area (Å²) in [5.41, 5.74) is 0. The second kappa shape index (κ2) is 9.80. The largest absolute Gasteiger partial charge is 0.407 e. The Morgan fingerprint density at radius 3 is 1.84 bits per heavy atom. The van der Waals surface area contributed by atoms with Gasteiger partial charge in [0, 0.05) is 12.5 Å². The maximum Gasteiger partial charge on any atom is 0.261 e. The molecule has 3 atom stereocenters. The van der Waals surface area contributed by atoms with Crippen LogP contribution in [0.25, 0.3) is 0 Å². The van der Waals surface area contributed by atoms with Crippen LogP contribution in [-0.2, 0) is 13.9 Å². The average Bonchev–Trinajstić information content (AvgIpc) is 2.73. The van der Waals surface area contributed by atoms with E-state index in [1.54, 1.807) is 0 Å². The van der Waals surface area contributed by atoms with Gasteiger partial charge in [0.1, 0.15) is 0 Å². The number of hydrogen-bond donors (Lipinski definition) is 0. The fraction of sp³-hybridized carbons (Fsp3) is 0.571. The molecule has 0 unspecified atom stereocenters. The third kappa shape index (κ3) is 5.20. The van der Waals surface area contributed by atoms with Crippen LogP contribution in [0.2, 0.25) is 5.04 Å². The molecule has 4 heteroatoms. The molecule has 1 saturated heterocycles. The van der Waals surface area contributed by atoms with Gasteiger partial charge in [0.15, 0.2) is 5.79 Å². The maximum atomic E-state index is 7.10. The zero-order valence-electron chi connectivity index (χ0n) is 21.2. The lowest BCUT2D eigenvalue weighted by Crippen LogP contribution is -2.66. The lowest BCUT2D eigenvalue weighted by Gasteiger charge is -2.47. The molecular formula is C28H42O3Si. The highest BCUT2D eigenvalue weighted by Crippen LogP contribution is 2.38. The molecule has 3 nitrogen and oxygen atoms in total. The first-order chi connectivity index (χ1) is 15.0. The summed E-state index contributed by atoms with van der Waals surface area (Å²) in [4.78, 5) is 0. The van der Waals surface area contributed by atoms with Gasteiger partial charge >= 0.3 is 0 Å². The van der Waals surface area contributed by atoms with Gasteiger partial charge in [0.25, 0.3) is 8.32 Å². The van der Waals surface area contributed by atoms with Gasteiger partial charge < -0.3 is 13.9 Å². The topological polar surface area (TPSA) is 27.7 Å². The number of hydrogen-bond acceptors (Lipinski definition) is 3. The van der Waals surface area contributed by atoms with Crippen LogP contribution in [0, 0.1) is 11.8 Å². The van der Waals surface area contributed by atoms with Crippen LogP contribution >= 0.6 is 0 Å². The van der Waals surface area contributed by atoms with E-state index in [0.717, 1.165) is 6.42 Å². The summed E-state index contributed by atoms with van der Waals surface area (Å²) < 4.78 is 19.8. The zero-order valence-corrected chi connectivity index (χ0v) is 22.2. The summed E-state index contributed by atoms with van der Waals surface area (Å²) in [7, 11) is -2.52. The summed E-state index contributed by atoms with van der Waals surface area (Å²) in [6.07, 6.45) is 1.17. The molecule has 3 rings (SSSR count). The van der Waals surface area contributed by atoms with E-state index in [0.29, 0.717) is 18.4 Å². The molecule has 2 aromatic carbocycles. The number of rotatable bonds is 7. The van der Waals surface area contributed by atoms with E-state index < -0.39 is 14.1 Å². The first kappa shape index (κ1) is 25.2. The molecule has 0 radical (unpaired) electrons. The molecule has 0 amide bonds. The Bertz CT molecular complexity index is 802. The van der Waals surface area contributed by atoms with Gasteiger partial charge in [-0.15, -0.1) is 0 Å². The smallest absolute Gasteiger partial charge is 0.261 e. The van der Waals surface area contributed by atoms with E-state index in [2.05, 4.69) is 102 Å². The van der Waals surface area contributed by atoms with Crippen molar-refractivity contribution >= 4 is 18.7 Å². The van der Waals surface area contributed by atoms with Gasteiger partial charge in [0.2, 0.25) is 0 Å². The van der Waals surface area contributed by atoms with Crippen LogP contribution < -0.4 is 10.4 Å². The Labute approximate surface area is 196 Å². The van der Waals surface area contributed by atoms with Crippen LogP contribution in [0.3, 0.4) is 0 Å². The van der Waals surface area contributed by atoms with Crippen molar-refractivity contribution in [1.29, 1.82) is 0 Å². The third-order valence-electron chi connectivity index (χ3n) is 6.75. The van der Waals surface area contributed by atoms with Gasteiger partial charge in [-0.25, -0.2) is 0 Å².